The maximum absolute atomic E-state index is 14.8. The molecule has 12 heteroatoms. The number of hydrogen-bond donors (Lipinski definition) is 0. The van der Waals surface area contributed by atoms with Crippen molar-refractivity contribution in [2.75, 3.05) is 13.2 Å². The molecule has 0 N–H and O–H groups in total. The van der Waals surface area contributed by atoms with Crippen LogP contribution in [-0.4, -0.2) is 52.4 Å². The Kier molecular flexibility index (Phi) is 12.5. The normalized spacial score (nSPS) is 18.0. The van der Waals surface area contributed by atoms with Crippen LogP contribution in [0, 0.1) is 5.82 Å². The van der Waals surface area contributed by atoms with Crippen LogP contribution in [0.3, 0.4) is 0 Å². The maximum atomic E-state index is 14.8. The number of ether oxygens (including phenoxy) is 4. The lowest BCUT2D eigenvalue weighted by Gasteiger charge is -2.19. The van der Waals surface area contributed by atoms with Crippen molar-refractivity contribution in [3.63, 3.8) is 0 Å². The van der Waals surface area contributed by atoms with Crippen LogP contribution in [0.25, 0.3) is 0 Å². The summed E-state index contributed by atoms with van der Waals surface area (Å²) < 4.78 is 38.0. The van der Waals surface area contributed by atoms with Gasteiger partial charge in [0.1, 0.15) is 30.8 Å². The largest absolute Gasteiger partial charge is 0.494 e. The molecule has 42 heavy (non-hydrogen) atoms. The molecule has 1 saturated heterocycles. The molecule has 0 spiro atoms. The summed E-state index contributed by atoms with van der Waals surface area (Å²) in [5.41, 5.74) is -2.57. The molecular formula is C30H39FN2O9. The summed E-state index contributed by atoms with van der Waals surface area (Å²) in [6.07, 6.45) is 2.76. The van der Waals surface area contributed by atoms with E-state index in [0.717, 1.165) is 30.3 Å². The summed E-state index contributed by atoms with van der Waals surface area (Å²) in [6.45, 7) is 5.95. The van der Waals surface area contributed by atoms with Crippen molar-refractivity contribution in [1.29, 1.82) is 0 Å². The standard InChI is InChI=1S/C30H39FN2O9/c1-4-7-9-11-26(34)40-19-24-23(42-27(35)12-10-8-5-2)17-25(41-24)32-18-22(31)29(37)33(30(32)38)28(36)20-13-15-21(16-14-20)39-6-3/h13-16,18,23-25H,4-12,17,19H2,1-3H3/t23-,24+,25+/m0/s1. The fourth-order valence-electron chi connectivity index (χ4n) is 4.58. The van der Waals surface area contributed by atoms with Crippen molar-refractivity contribution >= 4 is 17.8 Å². The van der Waals surface area contributed by atoms with Crippen LogP contribution in [0.1, 0.15) is 95.1 Å². The van der Waals surface area contributed by atoms with Crippen LogP contribution in [0.4, 0.5) is 4.39 Å². The molecule has 0 radical (unpaired) electrons. The zero-order valence-corrected chi connectivity index (χ0v) is 24.3. The van der Waals surface area contributed by atoms with Gasteiger partial charge in [0.2, 0.25) is 5.82 Å². The average Bonchev–Trinajstić information content (AvgIpc) is 3.36. The van der Waals surface area contributed by atoms with E-state index in [2.05, 4.69) is 0 Å². The highest BCUT2D eigenvalue weighted by Crippen LogP contribution is 2.31. The second kappa shape index (κ2) is 16.0. The van der Waals surface area contributed by atoms with Crippen molar-refractivity contribution in [2.45, 2.75) is 97.0 Å². The molecule has 2 aromatic rings. The minimum absolute atomic E-state index is 0.0334. The van der Waals surface area contributed by atoms with E-state index < -0.39 is 53.3 Å². The minimum atomic E-state index is -1.41. The summed E-state index contributed by atoms with van der Waals surface area (Å²) in [5.74, 6) is -2.83. The Hall–Kier alpha value is -3.80. The highest BCUT2D eigenvalue weighted by atomic mass is 19.1. The van der Waals surface area contributed by atoms with Gasteiger partial charge in [-0.2, -0.15) is 8.96 Å². The molecule has 3 rings (SSSR count). The molecule has 1 aromatic heterocycles. The molecule has 2 heterocycles. The molecule has 1 aliphatic rings. The third-order valence-corrected chi connectivity index (χ3v) is 6.84. The average molecular weight is 591 g/mol. The molecule has 0 unspecified atom stereocenters. The molecule has 1 fully saturated rings. The van der Waals surface area contributed by atoms with Gasteiger partial charge in [0.25, 0.3) is 11.5 Å². The third-order valence-electron chi connectivity index (χ3n) is 6.84. The molecule has 0 amide bonds. The van der Waals surface area contributed by atoms with Gasteiger partial charge in [0, 0.05) is 24.8 Å². The molecule has 0 saturated carbocycles. The van der Waals surface area contributed by atoms with Gasteiger partial charge in [-0.05, 0) is 44.0 Å². The van der Waals surface area contributed by atoms with Gasteiger partial charge in [0.15, 0.2) is 0 Å². The monoisotopic (exact) mass is 590 g/mol. The van der Waals surface area contributed by atoms with Gasteiger partial charge < -0.3 is 18.9 Å². The molecule has 0 bridgehead atoms. The fraction of sp³-hybridized carbons (Fsp3) is 0.567. The summed E-state index contributed by atoms with van der Waals surface area (Å²) in [7, 11) is 0. The van der Waals surface area contributed by atoms with Gasteiger partial charge >= 0.3 is 17.6 Å². The van der Waals surface area contributed by atoms with Gasteiger partial charge in [-0.25, -0.2) is 4.79 Å². The molecular weight excluding hydrogens is 551 g/mol. The predicted molar refractivity (Wildman–Crippen MR) is 150 cm³/mol. The zero-order chi connectivity index (χ0) is 30.6. The number of carbonyl (C=O) groups is 3. The topological polar surface area (TPSA) is 132 Å². The molecule has 230 valence electrons. The highest BCUT2D eigenvalue weighted by molar-refractivity contribution is 5.95. The van der Waals surface area contributed by atoms with Crippen molar-refractivity contribution in [2.24, 2.45) is 0 Å². The van der Waals surface area contributed by atoms with E-state index >= 15 is 0 Å². The number of hydrogen-bond acceptors (Lipinski definition) is 9. The summed E-state index contributed by atoms with van der Waals surface area (Å²) >= 11 is 0. The van der Waals surface area contributed by atoms with Crippen LogP contribution >= 0.6 is 0 Å². The number of rotatable bonds is 15. The fourth-order valence-corrected chi connectivity index (χ4v) is 4.58. The molecule has 0 aliphatic carbocycles. The molecule has 1 aliphatic heterocycles. The van der Waals surface area contributed by atoms with Crippen LogP contribution in [0.15, 0.2) is 40.1 Å². The maximum Gasteiger partial charge on any atom is 0.340 e. The second-order valence-corrected chi connectivity index (χ2v) is 10.1. The first-order valence-electron chi connectivity index (χ1n) is 14.5. The Morgan fingerprint density at radius 3 is 2.21 bits per heavy atom. The Morgan fingerprint density at radius 2 is 1.60 bits per heavy atom. The number of esters is 2. The van der Waals surface area contributed by atoms with Crippen LogP contribution < -0.4 is 16.0 Å². The highest BCUT2D eigenvalue weighted by Gasteiger charge is 2.41. The first-order chi connectivity index (χ1) is 20.2. The lowest BCUT2D eigenvalue weighted by molar-refractivity contribution is -0.158. The summed E-state index contributed by atoms with van der Waals surface area (Å²) in [6, 6.07) is 5.71. The van der Waals surface area contributed by atoms with Gasteiger partial charge in [-0.3, -0.25) is 23.7 Å². The van der Waals surface area contributed by atoms with Crippen molar-refractivity contribution in [3.8, 4) is 5.75 Å². The molecule has 3 atom stereocenters. The van der Waals surface area contributed by atoms with E-state index in [1.165, 1.54) is 24.3 Å². The quantitative estimate of drug-likeness (QED) is 0.222. The van der Waals surface area contributed by atoms with E-state index in [4.69, 9.17) is 18.9 Å². The third kappa shape index (κ3) is 8.60. The molecule has 1 aromatic carbocycles. The first-order valence-corrected chi connectivity index (χ1v) is 14.5. The van der Waals surface area contributed by atoms with E-state index in [9.17, 15) is 28.4 Å². The van der Waals surface area contributed by atoms with Crippen LogP contribution in [0.5, 0.6) is 5.75 Å². The Labute approximate surface area is 243 Å². The number of unbranched alkanes of at least 4 members (excludes halogenated alkanes) is 4. The van der Waals surface area contributed by atoms with Gasteiger partial charge in [0.05, 0.1) is 12.8 Å². The summed E-state index contributed by atoms with van der Waals surface area (Å²) in [5, 5.41) is 0. The number of carbonyl (C=O) groups excluding carboxylic acids is 3. The summed E-state index contributed by atoms with van der Waals surface area (Å²) in [4.78, 5) is 63.8. The van der Waals surface area contributed by atoms with E-state index in [1.807, 2.05) is 13.8 Å². The van der Waals surface area contributed by atoms with E-state index in [0.29, 0.717) is 31.4 Å². The molecule has 11 nitrogen and oxygen atoms in total. The Balaban J connectivity index is 1.85. The van der Waals surface area contributed by atoms with Crippen LogP contribution in [-0.2, 0) is 23.8 Å². The Bertz CT molecular complexity index is 1340. The van der Waals surface area contributed by atoms with Crippen molar-refractivity contribution in [3.05, 3.63) is 62.7 Å². The zero-order valence-electron chi connectivity index (χ0n) is 24.3. The van der Waals surface area contributed by atoms with Gasteiger partial charge in [-0.15, -0.1) is 0 Å². The van der Waals surface area contributed by atoms with Crippen LogP contribution in [0.2, 0.25) is 0 Å². The number of benzene rings is 1. The number of nitrogens with zero attached hydrogens (tertiary/aromatic N) is 2. The minimum Gasteiger partial charge on any atom is -0.494 e. The van der Waals surface area contributed by atoms with E-state index in [1.54, 1.807) is 6.92 Å². The van der Waals surface area contributed by atoms with Crippen molar-refractivity contribution in [1.82, 2.24) is 9.13 Å². The smallest absolute Gasteiger partial charge is 0.340 e. The van der Waals surface area contributed by atoms with E-state index in [-0.39, 0.29) is 36.0 Å². The lowest BCUT2D eigenvalue weighted by atomic mass is 10.1. The van der Waals surface area contributed by atoms with Gasteiger partial charge in [-0.1, -0.05) is 39.5 Å². The number of halogens is 1. The van der Waals surface area contributed by atoms with Crippen molar-refractivity contribution < 1.29 is 37.7 Å². The first kappa shape index (κ1) is 32.7. The Morgan fingerprint density at radius 1 is 0.952 bits per heavy atom. The predicted octanol–water partition coefficient (Wildman–Crippen LogP) is 4.14. The second-order valence-electron chi connectivity index (χ2n) is 10.1. The lowest BCUT2D eigenvalue weighted by Crippen LogP contribution is -2.46. The SMILES string of the molecule is CCCCCC(=O)OC[C@H]1O[C@@H](n2cc(F)c(=O)n(C(=O)c3ccc(OCC)cc3)c2=O)C[C@@H]1OC(=O)CCCCC. The number of aromatic nitrogens is 2.